The van der Waals surface area contributed by atoms with E-state index in [1.54, 1.807) is 24.3 Å². The summed E-state index contributed by atoms with van der Waals surface area (Å²) in [6.07, 6.45) is -3.89. The molecule has 0 spiro atoms. The molecule has 0 saturated carbocycles. The fourth-order valence-electron chi connectivity index (χ4n) is 2.87. The minimum absolute atomic E-state index is 0.0282. The lowest BCUT2D eigenvalue weighted by molar-refractivity contribution is -0.137. The maximum atomic E-state index is 13.1. The van der Waals surface area contributed by atoms with Crippen LogP contribution < -0.4 is 15.4 Å². The Bertz CT molecular complexity index is 879. The van der Waals surface area contributed by atoms with Gasteiger partial charge in [-0.25, -0.2) is 0 Å². The highest BCUT2D eigenvalue weighted by atomic mass is 19.4. The van der Waals surface area contributed by atoms with Crippen LogP contribution in [-0.4, -0.2) is 24.4 Å². The average Bonchev–Trinajstić information content (AvgIpc) is 2.63. The number of nitrogens with one attached hydrogen (secondary N) is 2. The van der Waals surface area contributed by atoms with Gasteiger partial charge >= 0.3 is 6.18 Å². The van der Waals surface area contributed by atoms with Crippen LogP contribution in [0, 0.1) is 6.92 Å². The Morgan fingerprint density at radius 2 is 1.89 bits per heavy atom. The third kappa shape index (κ3) is 4.82. The minimum atomic E-state index is -4.57. The van der Waals surface area contributed by atoms with Crippen LogP contribution in [0.25, 0.3) is 0 Å². The second-order valence-electron chi connectivity index (χ2n) is 6.64. The van der Waals surface area contributed by atoms with Gasteiger partial charge in [0, 0.05) is 19.0 Å². The van der Waals surface area contributed by atoms with Gasteiger partial charge in [-0.2, -0.15) is 13.2 Å². The predicted octanol–water partition coefficient (Wildman–Crippen LogP) is 3.81. The fraction of sp³-hybridized carbons (Fsp3) is 0.300. The molecule has 2 aromatic rings. The summed E-state index contributed by atoms with van der Waals surface area (Å²) in [6, 6.07) is 9.09. The number of hydrogen-bond acceptors (Lipinski definition) is 3. The molecule has 1 unspecified atom stereocenters. The van der Waals surface area contributed by atoms with Crippen molar-refractivity contribution in [2.45, 2.75) is 32.0 Å². The molecular formula is C20H19F3N2O3. The van der Waals surface area contributed by atoms with Crippen LogP contribution in [-0.2, 0) is 11.0 Å². The van der Waals surface area contributed by atoms with Crippen molar-refractivity contribution in [2.24, 2.45) is 0 Å². The number of aryl methyl sites for hydroxylation is 1. The molecule has 1 saturated heterocycles. The molecule has 1 heterocycles. The van der Waals surface area contributed by atoms with Crippen molar-refractivity contribution in [3.63, 3.8) is 0 Å². The lowest BCUT2D eigenvalue weighted by atomic mass is 10.0. The number of carbonyl (C=O) groups excluding carboxylic acids is 2. The summed E-state index contributed by atoms with van der Waals surface area (Å²) in [5.41, 5.74) is 0.0210. The molecule has 5 nitrogen and oxygen atoms in total. The SMILES string of the molecule is Cc1ccc(Oc2cc(C(F)(F)F)ccc2C(=O)NC2CCNC(=O)C2)cc1. The lowest BCUT2D eigenvalue weighted by Crippen LogP contribution is -2.45. The van der Waals surface area contributed by atoms with Gasteiger partial charge in [-0.3, -0.25) is 9.59 Å². The molecule has 2 amide bonds. The van der Waals surface area contributed by atoms with Gasteiger partial charge in [-0.1, -0.05) is 17.7 Å². The van der Waals surface area contributed by atoms with Crippen LogP contribution in [0.15, 0.2) is 42.5 Å². The van der Waals surface area contributed by atoms with E-state index >= 15 is 0 Å². The van der Waals surface area contributed by atoms with Crippen molar-refractivity contribution in [1.82, 2.24) is 10.6 Å². The summed E-state index contributed by atoms with van der Waals surface area (Å²) in [4.78, 5) is 24.1. The van der Waals surface area contributed by atoms with Crippen LogP contribution in [0.2, 0.25) is 0 Å². The first-order chi connectivity index (χ1) is 13.2. The highest BCUT2D eigenvalue weighted by Crippen LogP contribution is 2.35. The van der Waals surface area contributed by atoms with Crippen molar-refractivity contribution in [3.8, 4) is 11.5 Å². The summed E-state index contributed by atoms with van der Waals surface area (Å²) in [6.45, 7) is 2.30. The first-order valence-electron chi connectivity index (χ1n) is 8.76. The minimum Gasteiger partial charge on any atom is -0.457 e. The number of halogens is 3. The van der Waals surface area contributed by atoms with E-state index in [0.29, 0.717) is 18.7 Å². The Labute approximate surface area is 159 Å². The molecule has 0 aliphatic carbocycles. The van der Waals surface area contributed by atoms with Crippen molar-refractivity contribution < 1.29 is 27.5 Å². The largest absolute Gasteiger partial charge is 0.457 e. The highest BCUT2D eigenvalue weighted by Gasteiger charge is 2.32. The van der Waals surface area contributed by atoms with Crippen LogP contribution in [0.1, 0.15) is 34.3 Å². The Balaban J connectivity index is 1.88. The molecule has 3 rings (SSSR count). The molecule has 1 fully saturated rings. The van der Waals surface area contributed by atoms with Gasteiger partial charge in [0.2, 0.25) is 5.91 Å². The molecule has 2 aromatic carbocycles. The van der Waals surface area contributed by atoms with Gasteiger partial charge in [0.05, 0.1) is 11.1 Å². The highest BCUT2D eigenvalue weighted by molar-refractivity contribution is 5.97. The Morgan fingerprint density at radius 1 is 1.18 bits per heavy atom. The van der Waals surface area contributed by atoms with E-state index in [4.69, 9.17) is 4.74 Å². The molecular weight excluding hydrogens is 373 g/mol. The average molecular weight is 392 g/mol. The third-order valence-corrected chi connectivity index (χ3v) is 4.38. The third-order valence-electron chi connectivity index (χ3n) is 4.38. The molecule has 0 radical (unpaired) electrons. The first-order valence-corrected chi connectivity index (χ1v) is 8.76. The van der Waals surface area contributed by atoms with E-state index in [1.165, 1.54) is 0 Å². The Morgan fingerprint density at radius 3 is 2.54 bits per heavy atom. The maximum Gasteiger partial charge on any atom is 0.416 e. The molecule has 0 bridgehead atoms. The van der Waals surface area contributed by atoms with E-state index < -0.39 is 17.6 Å². The molecule has 28 heavy (non-hydrogen) atoms. The number of piperidine rings is 1. The van der Waals surface area contributed by atoms with Crippen LogP contribution in [0.3, 0.4) is 0 Å². The van der Waals surface area contributed by atoms with Crippen LogP contribution in [0.4, 0.5) is 13.2 Å². The van der Waals surface area contributed by atoms with E-state index in [9.17, 15) is 22.8 Å². The molecule has 2 N–H and O–H groups in total. The summed E-state index contributed by atoms with van der Waals surface area (Å²) in [5.74, 6) is -0.650. The van der Waals surface area contributed by atoms with Crippen molar-refractivity contribution in [1.29, 1.82) is 0 Å². The van der Waals surface area contributed by atoms with Crippen LogP contribution in [0.5, 0.6) is 11.5 Å². The molecule has 1 aliphatic rings. The number of alkyl halides is 3. The summed E-state index contributed by atoms with van der Waals surface area (Å²) in [7, 11) is 0. The first kappa shape index (κ1) is 19.7. The number of benzene rings is 2. The van der Waals surface area contributed by atoms with Gasteiger partial charge in [0.1, 0.15) is 11.5 Å². The van der Waals surface area contributed by atoms with Crippen molar-refractivity contribution in [2.75, 3.05) is 6.54 Å². The van der Waals surface area contributed by atoms with Crippen LogP contribution >= 0.6 is 0 Å². The zero-order valence-electron chi connectivity index (χ0n) is 15.1. The summed E-state index contributed by atoms with van der Waals surface area (Å²) >= 11 is 0. The van der Waals surface area contributed by atoms with Gasteiger partial charge < -0.3 is 15.4 Å². The summed E-state index contributed by atoms with van der Waals surface area (Å²) in [5, 5.41) is 5.36. The van der Waals surface area contributed by atoms with Gasteiger partial charge in [-0.05, 0) is 43.7 Å². The molecule has 8 heteroatoms. The van der Waals surface area contributed by atoms with Crippen molar-refractivity contribution >= 4 is 11.8 Å². The maximum absolute atomic E-state index is 13.1. The second kappa shape index (κ2) is 7.92. The van der Waals surface area contributed by atoms with E-state index in [0.717, 1.165) is 23.8 Å². The van der Waals surface area contributed by atoms with E-state index in [1.807, 2.05) is 6.92 Å². The normalized spacial score (nSPS) is 17.0. The van der Waals surface area contributed by atoms with Gasteiger partial charge in [0.25, 0.3) is 5.91 Å². The number of amides is 2. The number of rotatable bonds is 4. The smallest absolute Gasteiger partial charge is 0.416 e. The van der Waals surface area contributed by atoms with Crippen molar-refractivity contribution in [3.05, 3.63) is 59.2 Å². The predicted molar refractivity (Wildman–Crippen MR) is 96.2 cm³/mol. The lowest BCUT2D eigenvalue weighted by Gasteiger charge is -2.23. The Hall–Kier alpha value is -3.03. The van der Waals surface area contributed by atoms with Gasteiger partial charge in [-0.15, -0.1) is 0 Å². The Kier molecular flexibility index (Phi) is 5.58. The molecule has 1 atom stereocenters. The van der Waals surface area contributed by atoms with E-state index in [2.05, 4.69) is 10.6 Å². The summed E-state index contributed by atoms with van der Waals surface area (Å²) < 4.78 is 44.9. The molecule has 148 valence electrons. The quantitative estimate of drug-likeness (QED) is 0.832. The second-order valence-corrected chi connectivity index (χ2v) is 6.64. The number of hydrogen-bond donors (Lipinski definition) is 2. The number of carbonyl (C=O) groups is 2. The number of ether oxygens (including phenoxy) is 1. The van der Waals surface area contributed by atoms with Gasteiger partial charge in [0.15, 0.2) is 0 Å². The topological polar surface area (TPSA) is 67.4 Å². The standard InChI is InChI=1S/C20H19F3N2O3/c1-12-2-5-15(6-3-12)28-17-10-13(20(21,22)23)4-7-16(17)19(27)25-14-8-9-24-18(26)11-14/h2-7,10,14H,8-9,11H2,1H3,(H,24,26)(H,25,27). The molecule has 0 aromatic heterocycles. The monoisotopic (exact) mass is 392 g/mol. The molecule has 1 aliphatic heterocycles. The van der Waals surface area contributed by atoms with E-state index in [-0.39, 0.29) is 29.7 Å². The zero-order chi connectivity index (χ0) is 20.3. The fourth-order valence-corrected chi connectivity index (χ4v) is 2.87. The zero-order valence-corrected chi connectivity index (χ0v) is 15.1.